The molecule has 7 nitrogen and oxygen atoms in total. The van der Waals surface area contributed by atoms with Crippen LogP contribution in [0.5, 0.6) is 5.75 Å². The summed E-state index contributed by atoms with van der Waals surface area (Å²) in [6, 6.07) is 5.63. The van der Waals surface area contributed by atoms with Crippen LogP contribution in [0.15, 0.2) is 24.3 Å². The van der Waals surface area contributed by atoms with Crippen LogP contribution in [-0.4, -0.2) is 38.5 Å². The molecule has 1 aliphatic rings. The largest absolute Gasteiger partial charge is 0.507 e. The van der Waals surface area contributed by atoms with Crippen molar-refractivity contribution in [3.63, 3.8) is 0 Å². The number of nitrogens with two attached hydrogens (primary N) is 1. The van der Waals surface area contributed by atoms with Gasteiger partial charge in [0.15, 0.2) is 5.82 Å². The number of phenols is 1. The molecule has 1 amide bonds. The highest BCUT2D eigenvalue weighted by atomic mass is 16.3. The Morgan fingerprint density at radius 1 is 1.38 bits per heavy atom. The molecular weight excluding hydrogens is 332 g/mol. The van der Waals surface area contributed by atoms with E-state index < -0.39 is 18.1 Å². The maximum atomic E-state index is 12.0. The van der Waals surface area contributed by atoms with Gasteiger partial charge in [0.25, 0.3) is 0 Å². The molecule has 1 saturated carbocycles. The third-order valence-electron chi connectivity index (χ3n) is 4.33. The molecule has 0 radical (unpaired) electrons. The SMILES string of the molecule is C#Cc1ccc(-c2nnc(NC(=O)[C@H](N)[C@H](C)O)cc2C2CC2)c(O)c1. The number of hydrogen-bond donors (Lipinski definition) is 4. The number of benzene rings is 1. The Morgan fingerprint density at radius 3 is 2.69 bits per heavy atom. The lowest BCUT2D eigenvalue weighted by atomic mass is 10.0. The van der Waals surface area contributed by atoms with Crippen LogP contribution < -0.4 is 11.1 Å². The standard InChI is InChI=1S/C19H20N4O3/c1-3-11-4-7-13(15(25)8-11)18-14(12-5-6-12)9-16(22-23-18)21-19(26)17(20)10(2)24/h1,4,7-10,12,17,24-25H,5-6,20H2,2H3,(H,21,22,26)/t10-,17+/m0/s1. The van der Waals surface area contributed by atoms with Crippen molar-refractivity contribution in [1.29, 1.82) is 0 Å². The van der Waals surface area contributed by atoms with E-state index in [1.54, 1.807) is 18.2 Å². The summed E-state index contributed by atoms with van der Waals surface area (Å²) in [5.41, 5.74) is 8.19. The van der Waals surface area contributed by atoms with E-state index in [-0.39, 0.29) is 11.6 Å². The molecule has 1 aromatic carbocycles. The average Bonchev–Trinajstić information content (AvgIpc) is 3.46. The summed E-state index contributed by atoms with van der Waals surface area (Å²) in [6.45, 7) is 1.44. The highest BCUT2D eigenvalue weighted by Crippen LogP contribution is 2.45. The smallest absolute Gasteiger partial charge is 0.245 e. The van der Waals surface area contributed by atoms with Gasteiger partial charge in [0.2, 0.25) is 5.91 Å². The third-order valence-corrected chi connectivity index (χ3v) is 4.33. The van der Waals surface area contributed by atoms with Gasteiger partial charge < -0.3 is 21.3 Å². The number of phenolic OH excluding ortho intramolecular Hbond substituents is 1. The second-order valence-corrected chi connectivity index (χ2v) is 6.44. The molecule has 0 aliphatic heterocycles. The van der Waals surface area contributed by atoms with Gasteiger partial charge in [-0.1, -0.05) is 5.92 Å². The van der Waals surface area contributed by atoms with Crippen molar-refractivity contribution in [3.8, 4) is 29.4 Å². The van der Waals surface area contributed by atoms with Crippen molar-refractivity contribution in [2.24, 2.45) is 5.73 Å². The Balaban J connectivity index is 1.94. The van der Waals surface area contributed by atoms with Gasteiger partial charge in [0.1, 0.15) is 17.5 Å². The second kappa shape index (κ2) is 7.12. The normalized spacial score (nSPS) is 15.8. The van der Waals surface area contributed by atoms with E-state index in [0.29, 0.717) is 22.7 Å². The van der Waals surface area contributed by atoms with Crippen LogP contribution in [0, 0.1) is 12.3 Å². The van der Waals surface area contributed by atoms with Crippen molar-refractivity contribution in [1.82, 2.24) is 10.2 Å². The first-order valence-electron chi connectivity index (χ1n) is 8.33. The van der Waals surface area contributed by atoms with Crippen LogP contribution in [0.25, 0.3) is 11.3 Å². The van der Waals surface area contributed by atoms with Gasteiger partial charge in [-0.25, -0.2) is 0 Å². The zero-order valence-corrected chi connectivity index (χ0v) is 14.3. The summed E-state index contributed by atoms with van der Waals surface area (Å²) in [6.07, 6.45) is 6.38. The Labute approximate surface area is 151 Å². The number of anilines is 1. The first kappa shape index (κ1) is 17.9. The minimum Gasteiger partial charge on any atom is -0.507 e. The van der Waals surface area contributed by atoms with Gasteiger partial charge in [-0.3, -0.25) is 4.79 Å². The number of nitrogens with zero attached hydrogens (tertiary/aromatic N) is 2. The lowest BCUT2D eigenvalue weighted by molar-refractivity contribution is -0.119. The number of rotatable bonds is 5. The summed E-state index contributed by atoms with van der Waals surface area (Å²) in [7, 11) is 0. The van der Waals surface area contributed by atoms with Crippen LogP contribution >= 0.6 is 0 Å². The van der Waals surface area contributed by atoms with Crippen molar-refractivity contribution in [3.05, 3.63) is 35.4 Å². The van der Waals surface area contributed by atoms with Crippen molar-refractivity contribution < 1.29 is 15.0 Å². The number of nitrogens with one attached hydrogen (secondary N) is 1. The van der Waals surface area contributed by atoms with E-state index in [9.17, 15) is 15.0 Å². The van der Waals surface area contributed by atoms with E-state index in [1.165, 1.54) is 13.0 Å². The molecule has 0 bridgehead atoms. The summed E-state index contributed by atoms with van der Waals surface area (Å²) in [4.78, 5) is 12.0. The first-order chi connectivity index (χ1) is 12.4. The predicted octanol–water partition coefficient (Wildman–Crippen LogP) is 1.35. The van der Waals surface area contributed by atoms with Gasteiger partial charge in [-0.15, -0.1) is 16.6 Å². The van der Waals surface area contributed by atoms with Crippen LogP contribution in [0.3, 0.4) is 0 Å². The van der Waals surface area contributed by atoms with Gasteiger partial charge in [0.05, 0.1) is 6.10 Å². The molecule has 134 valence electrons. The molecule has 1 aromatic heterocycles. The molecule has 0 unspecified atom stereocenters. The summed E-state index contributed by atoms with van der Waals surface area (Å²) in [5, 5.41) is 30.5. The number of terminal acetylenes is 1. The number of amides is 1. The highest BCUT2D eigenvalue weighted by Gasteiger charge is 2.29. The fraction of sp³-hybridized carbons (Fsp3) is 0.316. The number of hydrogen-bond acceptors (Lipinski definition) is 6. The summed E-state index contributed by atoms with van der Waals surface area (Å²) >= 11 is 0. The Kier molecular flexibility index (Phi) is 4.89. The lowest BCUT2D eigenvalue weighted by Gasteiger charge is -2.15. The number of aromatic hydroxyl groups is 1. The minimum atomic E-state index is -1.05. The van der Waals surface area contributed by atoms with Crippen LogP contribution in [0.1, 0.15) is 36.8 Å². The van der Waals surface area contributed by atoms with E-state index >= 15 is 0 Å². The molecule has 2 atom stereocenters. The van der Waals surface area contributed by atoms with Gasteiger partial charge in [-0.05, 0) is 55.5 Å². The van der Waals surface area contributed by atoms with Crippen molar-refractivity contribution >= 4 is 11.7 Å². The lowest BCUT2D eigenvalue weighted by Crippen LogP contribution is -2.43. The molecule has 2 aromatic rings. The van der Waals surface area contributed by atoms with Crippen molar-refractivity contribution in [2.45, 2.75) is 37.8 Å². The summed E-state index contributed by atoms with van der Waals surface area (Å²) < 4.78 is 0. The van der Waals surface area contributed by atoms with E-state index in [0.717, 1.165) is 18.4 Å². The molecular formula is C19H20N4O3. The molecule has 7 heteroatoms. The zero-order valence-electron chi connectivity index (χ0n) is 14.3. The fourth-order valence-corrected chi connectivity index (χ4v) is 2.63. The monoisotopic (exact) mass is 352 g/mol. The van der Waals surface area contributed by atoms with Gasteiger partial charge in [-0.2, -0.15) is 0 Å². The Hall–Kier alpha value is -2.95. The molecule has 3 rings (SSSR count). The van der Waals surface area contributed by atoms with Crippen molar-refractivity contribution in [2.75, 3.05) is 5.32 Å². The molecule has 0 saturated heterocycles. The zero-order chi connectivity index (χ0) is 18.8. The number of aliphatic hydroxyl groups excluding tert-OH is 1. The first-order valence-corrected chi connectivity index (χ1v) is 8.33. The molecule has 0 spiro atoms. The topological polar surface area (TPSA) is 121 Å². The highest BCUT2D eigenvalue weighted by molar-refractivity contribution is 5.94. The van der Waals surface area contributed by atoms with E-state index in [2.05, 4.69) is 21.4 Å². The van der Waals surface area contributed by atoms with E-state index in [4.69, 9.17) is 12.2 Å². The Morgan fingerprint density at radius 2 is 2.12 bits per heavy atom. The maximum Gasteiger partial charge on any atom is 0.245 e. The van der Waals surface area contributed by atoms with Crippen LogP contribution in [0.2, 0.25) is 0 Å². The predicted molar refractivity (Wildman–Crippen MR) is 97.3 cm³/mol. The van der Waals surface area contributed by atoms with Gasteiger partial charge >= 0.3 is 0 Å². The summed E-state index contributed by atoms with van der Waals surface area (Å²) in [5.74, 6) is 2.53. The third kappa shape index (κ3) is 3.67. The van der Waals surface area contributed by atoms with E-state index in [1.807, 2.05) is 0 Å². The number of aliphatic hydroxyl groups is 1. The second-order valence-electron chi connectivity index (χ2n) is 6.44. The average molecular weight is 352 g/mol. The molecule has 1 aliphatic carbocycles. The maximum absolute atomic E-state index is 12.0. The number of aromatic nitrogens is 2. The Bertz CT molecular complexity index is 885. The molecule has 5 N–H and O–H groups in total. The quantitative estimate of drug-likeness (QED) is 0.603. The number of carbonyl (C=O) groups is 1. The molecule has 1 heterocycles. The van der Waals surface area contributed by atoms with Gasteiger partial charge in [0, 0.05) is 11.1 Å². The molecule has 1 fully saturated rings. The van der Waals surface area contributed by atoms with Crippen LogP contribution in [-0.2, 0) is 4.79 Å². The minimum absolute atomic E-state index is 0.0320. The van der Waals surface area contributed by atoms with Crippen LogP contribution in [0.4, 0.5) is 5.82 Å². The fourth-order valence-electron chi connectivity index (χ4n) is 2.63. The molecule has 26 heavy (non-hydrogen) atoms. The number of carbonyl (C=O) groups excluding carboxylic acids is 1.